The molecule has 1 aromatic heterocycles. The first kappa shape index (κ1) is 24.6. The maximum atomic E-state index is 11.8. The van der Waals surface area contributed by atoms with Crippen molar-refractivity contribution < 1.29 is 23.7 Å². The van der Waals surface area contributed by atoms with Crippen LogP contribution in [0.2, 0.25) is 0 Å². The lowest BCUT2D eigenvalue weighted by Crippen LogP contribution is -2.06. The Labute approximate surface area is 198 Å². The fourth-order valence-electron chi connectivity index (χ4n) is 3.41. The number of ketones is 1. The number of nitrogens with zero attached hydrogens (tertiary/aromatic N) is 3. The number of Topliss-reactive ketones (excluding diaryl/α,β-unsaturated/α-hetero) is 1. The van der Waals surface area contributed by atoms with E-state index in [0.29, 0.717) is 36.0 Å². The molecule has 3 aromatic rings. The van der Waals surface area contributed by atoms with E-state index in [1.54, 1.807) is 53.2 Å². The summed E-state index contributed by atoms with van der Waals surface area (Å²) in [4.78, 5) is 11.8. The summed E-state index contributed by atoms with van der Waals surface area (Å²) in [5.41, 5.74) is 2.45. The maximum Gasteiger partial charge on any atom is 0.191 e. The lowest BCUT2D eigenvalue weighted by atomic mass is 10.1. The van der Waals surface area contributed by atoms with E-state index in [0.717, 1.165) is 34.3 Å². The lowest BCUT2D eigenvalue weighted by molar-refractivity contribution is 0.101. The third-order valence-electron chi connectivity index (χ3n) is 5.13. The molecule has 0 radical (unpaired) electrons. The Balaban J connectivity index is 1.92. The van der Waals surface area contributed by atoms with Gasteiger partial charge >= 0.3 is 0 Å². The quantitative estimate of drug-likeness (QED) is 0.217. The SMILES string of the molecule is COCCCn1c(SCc2cc(C(C)=O)ccc2OC)nnc1-c1ccc(OC)c(OC)c1. The minimum Gasteiger partial charge on any atom is -0.496 e. The third-order valence-corrected chi connectivity index (χ3v) is 6.15. The number of carbonyl (C=O) groups is 1. The highest BCUT2D eigenvalue weighted by atomic mass is 32.2. The van der Waals surface area contributed by atoms with Gasteiger partial charge < -0.3 is 23.5 Å². The molecule has 1 heterocycles. The highest BCUT2D eigenvalue weighted by Crippen LogP contribution is 2.34. The van der Waals surface area contributed by atoms with Crippen LogP contribution in [0.3, 0.4) is 0 Å². The van der Waals surface area contributed by atoms with Crippen LogP contribution in [-0.4, -0.2) is 55.6 Å². The molecular formula is C24H29N3O5S. The Hall–Kier alpha value is -3.04. The molecule has 0 atom stereocenters. The Morgan fingerprint density at radius 1 is 0.939 bits per heavy atom. The van der Waals surface area contributed by atoms with Gasteiger partial charge in [0.2, 0.25) is 0 Å². The molecule has 176 valence electrons. The van der Waals surface area contributed by atoms with Gasteiger partial charge in [-0.15, -0.1) is 10.2 Å². The molecule has 8 nitrogen and oxygen atoms in total. The number of thioether (sulfide) groups is 1. The summed E-state index contributed by atoms with van der Waals surface area (Å²) in [5, 5.41) is 9.69. The molecule has 0 saturated heterocycles. The molecule has 0 aliphatic heterocycles. The largest absolute Gasteiger partial charge is 0.496 e. The molecular weight excluding hydrogens is 442 g/mol. The van der Waals surface area contributed by atoms with Crippen molar-refractivity contribution in [2.45, 2.75) is 30.8 Å². The average molecular weight is 472 g/mol. The monoisotopic (exact) mass is 471 g/mol. The summed E-state index contributed by atoms with van der Waals surface area (Å²) in [7, 11) is 6.52. The Morgan fingerprint density at radius 3 is 2.33 bits per heavy atom. The summed E-state index contributed by atoms with van der Waals surface area (Å²) >= 11 is 1.54. The topological polar surface area (TPSA) is 84.7 Å². The second kappa shape index (κ2) is 11.7. The van der Waals surface area contributed by atoms with Gasteiger partial charge in [0.15, 0.2) is 28.3 Å². The van der Waals surface area contributed by atoms with Crippen molar-refractivity contribution in [1.29, 1.82) is 0 Å². The highest BCUT2D eigenvalue weighted by Gasteiger charge is 2.17. The van der Waals surface area contributed by atoms with Crippen molar-refractivity contribution in [3.05, 3.63) is 47.5 Å². The number of hydrogen-bond acceptors (Lipinski definition) is 8. The second-order valence-corrected chi connectivity index (χ2v) is 8.19. The van der Waals surface area contributed by atoms with E-state index >= 15 is 0 Å². The number of carbonyl (C=O) groups excluding carboxylic acids is 1. The van der Waals surface area contributed by atoms with Gasteiger partial charge in [0, 0.05) is 42.7 Å². The van der Waals surface area contributed by atoms with E-state index in [9.17, 15) is 4.79 Å². The van der Waals surface area contributed by atoms with Crippen LogP contribution in [0.1, 0.15) is 29.3 Å². The van der Waals surface area contributed by atoms with Gasteiger partial charge in [-0.1, -0.05) is 11.8 Å². The van der Waals surface area contributed by atoms with Crippen molar-refractivity contribution in [3.8, 4) is 28.6 Å². The molecule has 0 spiro atoms. The van der Waals surface area contributed by atoms with Crippen molar-refractivity contribution >= 4 is 17.5 Å². The second-order valence-electron chi connectivity index (χ2n) is 7.25. The number of aromatic nitrogens is 3. The molecule has 0 aliphatic carbocycles. The smallest absolute Gasteiger partial charge is 0.191 e. The van der Waals surface area contributed by atoms with E-state index in [-0.39, 0.29) is 5.78 Å². The van der Waals surface area contributed by atoms with Gasteiger partial charge in [0.25, 0.3) is 0 Å². The van der Waals surface area contributed by atoms with Crippen molar-refractivity contribution in [2.75, 3.05) is 35.0 Å². The molecule has 0 N–H and O–H groups in total. The number of ether oxygens (including phenoxy) is 4. The predicted octanol–water partition coefficient (Wildman–Crippen LogP) is 4.50. The Kier molecular flexibility index (Phi) is 8.73. The van der Waals surface area contributed by atoms with E-state index in [1.165, 1.54) is 0 Å². The summed E-state index contributed by atoms with van der Waals surface area (Å²) in [6.45, 7) is 2.88. The van der Waals surface area contributed by atoms with Crippen LogP contribution in [-0.2, 0) is 17.0 Å². The average Bonchev–Trinajstić information content (AvgIpc) is 3.24. The van der Waals surface area contributed by atoms with E-state index in [4.69, 9.17) is 18.9 Å². The summed E-state index contributed by atoms with van der Waals surface area (Å²) in [6, 6.07) is 11.2. The molecule has 33 heavy (non-hydrogen) atoms. The van der Waals surface area contributed by atoms with Crippen LogP contribution in [0, 0.1) is 0 Å². The molecule has 2 aromatic carbocycles. The van der Waals surface area contributed by atoms with Crippen LogP contribution < -0.4 is 14.2 Å². The highest BCUT2D eigenvalue weighted by molar-refractivity contribution is 7.98. The van der Waals surface area contributed by atoms with Crippen molar-refractivity contribution in [3.63, 3.8) is 0 Å². The van der Waals surface area contributed by atoms with Crippen LogP contribution in [0.4, 0.5) is 0 Å². The Bertz CT molecular complexity index is 1100. The Morgan fingerprint density at radius 2 is 1.67 bits per heavy atom. The summed E-state index contributed by atoms with van der Waals surface area (Å²) < 4.78 is 23.6. The lowest BCUT2D eigenvalue weighted by Gasteiger charge is -2.13. The first-order chi connectivity index (χ1) is 16.0. The molecule has 0 fully saturated rings. The third kappa shape index (κ3) is 5.85. The van der Waals surface area contributed by atoms with Gasteiger partial charge in [-0.3, -0.25) is 4.79 Å². The molecule has 0 amide bonds. The summed E-state index contributed by atoms with van der Waals surface area (Å²) in [6.07, 6.45) is 0.811. The molecule has 0 aliphatic rings. The van der Waals surface area contributed by atoms with E-state index < -0.39 is 0 Å². The minimum absolute atomic E-state index is 0.0161. The summed E-state index contributed by atoms with van der Waals surface area (Å²) in [5.74, 6) is 3.35. The fraction of sp³-hybridized carbons (Fsp3) is 0.375. The van der Waals surface area contributed by atoms with E-state index in [2.05, 4.69) is 14.8 Å². The van der Waals surface area contributed by atoms with Crippen molar-refractivity contribution in [2.24, 2.45) is 0 Å². The predicted molar refractivity (Wildman–Crippen MR) is 128 cm³/mol. The molecule has 3 rings (SSSR count). The number of rotatable bonds is 12. The standard InChI is InChI=1S/C24H29N3O5S/c1-16(28)17-7-9-20(30-3)19(13-17)15-33-24-26-25-23(27(24)11-6-12-29-2)18-8-10-21(31-4)22(14-18)32-5/h7-10,13-14H,6,11-12,15H2,1-5H3. The van der Waals surface area contributed by atoms with Crippen LogP contribution in [0.25, 0.3) is 11.4 Å². The van der Waals surface area contributed by atoms with Crippen LogP contribution in [0.5, 0.6) is 17.2 Å². The number of benzene rings is 2. The zero-order valence-electron chi connectivity index (χ0n) is 19.6. The number of hydrogen-bond donors (Lipinski definition) is 0. The van der Waals surface area contributed by atoms with Gasteiger partial charge in [0.1, 0.15) is 5.75 Å². The van der Waals surface area contributed by atoms with Gasteiger partial charge in [-0.05, 0) is 49.7 Å². The molecule has 0 saturated carbocycles. The maximum absolute atomic E-state index is 11.8. The van der Waals surface area contributed by atoms with E-state index in [1.807, 2.05) is 30.3 Å². The minimum atomic E-state index is 0.0161. The van der Waals surface area contributed by atoms with Crippen molar-refractivity contribution in [1.82, 2.24) is 14.8 Å². The first-order valence-electron chi connectivity index (χ1n) is 10.5. The van der Waals surface area contributed by atoms with Crippen LogP contribution in [0.15, 0.2) is 41.6 Å². The molecule has 0 unspecified atom stereocenters. The molecule has 0 bridgehead atoms. The van der Waals surface area contributed by atoms with Gasteiger partial charge in [-0.25, -0.2) is 0 Å². The zero-order chi connectivity index (χ0) is 23.8. The van der Waals surface area contributed by atoms with Gasteiger partial charge in [-0.2, -0.15) is 0 Å². The fourth-order valence-corrected chi connectivity index (χ4v) is 4.35. The zero-order valence-corrected chi connectivity index (χ0v) is 20.4. The first-order valence-corrected chi connectivity index (χ1v) is 11.5. The van der Waals surface area contributed by atoms with Crippen LogP contribution >= 0.6 is 11.8 Å². The number of methoxy groups -OCH3 is 4. The van der Waals surface area contributed by atoms with Gasteiger partial charge in [0.05, 0.1) is 21.3 Å². The normalized spacial score (nSPS) is 10.8. The molecule has 9 heteroatoms.